The Hall–Kier alpha value is -6.20. The number of thiophene rings is 2. The molecule has 4 aromatic heterocycles. The molecule has 0 unspecified atom stereocenters. The van der Waals surface area contributed by atoms with Crippen LogP contribution in [0.15, 0.2) is 168 Å². The molecule has 0 N–H and O–H groups in total. The lowest BCUT2D eigenvalue weighted by Crippen LogP contribution is -1.95. The summed E-state index contributed by atoms with van der Waals surface area (Å²) in [4.78, 5) is 0. The molecule has 0 bridgehead atoms. The fourth-order valence-electron chi connectivity index (χ4n) is 8.69. The molecule has 0 fully saturated rings. The molecule has 0 atom stereocenters. The Morgan fingerprint density at radius 2 is 0.885 bits per heavy atom. The van der Waals surface area contributed by atoms with Crippen LogP contribution in [0, 0.1) is 0 Å². The average molecular weight is 697 g/mol. The number of rotatable bonds is 3. The minimum atomic E-state index is 1.17. The highest BCUT2D eigenvalue weighted by Gasteiger charge is 2.19. The summed E-state index contributed by atoms with van der Waals surface area (Å²) < 4.78 is 7.56. The standard InChI is InChI=1S/C48H28N2S2/c1-3-7-37-31(5-1)13-20-40-45(37)39-28-44-34(24-25-51-44)27-43(39)50(40)36-18-11-30(12-19-36)29-9-16-35(17-10-29)49-41-21-14-32-6-2-4-8-38(32)46(41)47-42(49)22-15-33-23-26-52-48(33)47/h1-28H. The summed E-state index contributed by atoms with van der Waals surface area (Å²) in [6.45, 7) is 0. The molecule has 0 saturated carbocycles. The highest BCUT2D eigenvalue weighted by molar-refractivity contribution is 7.18. The molecule has 4 heteroatoms. The largest absolute Gasteiger partial charge is 0.309 e. The zero-order valence-corrected chi connectivity index (χ0v) is 29.5. The maximum atomic E-state index is 2.44. The van der Waals surface area contributed by atoms with Crippen molar-refractivity contribution in [3.8, 4) is 22.5 Å². The topological polar surface area (TPSA) is 9.86 Å². The fraction of sp³-hybridized carbons (Fsp3) is 0. The lowest BCUT2D eigenvalue weighted by molar-refractivity contribution is 1.18. The van der Waals surface area contributed by atoms with E-state index in [1.807, 2.05) is 22.7 Å². The van der Waals surface area contributed by atoms with Gasteiger partial charge in [0.15, 0.2) is 0 Å². The van der Waals surface area contributed by atoms with E-state index >= 15 is 0 Å². The van der Waals surface area contributed by atoms with Crippen molar-refractivity contribution in [1.82, 2.24) is 9.13 Å². The van der Waals surface area contributed by atoms with Crippen LogP contribution < -0.4 is 0 Å². The van der Waals surface area contributed by atoms with E-state index in [4.69, 9.17) is 0 Å². The molecule has 8 aromatic carbocycles. The summed E-state index contributed by atoms with van der Waals surface area (Å²) in [5.41, 5.74) is 9.72. The number of benzene rings is 8. The zero-order valence-electron chi connectivity index (χ0n) is 27.9. The lowest BCUT2D eigenvalue weighted by Gasteiger charge is -2.11. The van der Waals surface area contributed by atoms with Crippen LogP contribution in [0.1, 0.15) is 0 Å². The zero-order chi connectivity index (χ0) is 33.9. The SMILES string of the molecule is c1ccc2c(c1)ccc1c2c2cc3sccc3cc2n1-c1ccc(-c2ccc(-n3c4ccc5ccccc5c4c4c5sccc5ccc43)cc2)cc1. The van der Waals surface area contributed by atoms with Crippen LogP contribution in [0.4, 0.5) is 0 Å². The van der Waals surface area contributed by atoms with Crippen molar-refractivity contribution in [2.24, 2.45) is 0 Å². The van der Waals surface area contributed by atoms with Gasteiger partial charge in [-0.3, -0.25) is 0 Å². The van der Waals surface area contributed by atoms with Gasteiger partial charge in [-0.15, -0.1) is 22.7 Å². The van der Waals surface area contributed by atoms with E-state index in [2.05, 4.69) is 178 Å². The summed E-state index contributed by atoms with van der Waals surface area (Å²) in [7, 11) is 0. The Balaban J connectivity index is 0.991. The Morgan fingerprint density at radius 3 is 1.58 bits per heavy atom. The molecule has 0 aliphatic heterocycles. The lowest BCUT2D eigenvalue weighted by atomic mass is 10.0. The molecule has 4 heterocycles. The Morgan fingerprint density at radius 1 is 0.346 bits per heavy atom. The van der Waals surface area contributed by atoms with E-state index in [0.717, 1.165) is 0 Å². The van der Waals surface area contributed by atoms with Gasteiger partial charge in [-0.05, 0) is 121 Å². The quantitative estimate of drug-likeness (QED) is 0.174. The van der Waals surface area contributed by atoms with Crippen molar-refractivity contribution in [1.29, 1.82) is 0 Å². The number of aromatic nitrogens is 2. The van der Waals surface area contributed by atoms with Gasteiger partial charge in [0.05, 0.1) is 22.1 Å². The van der Waals surface area contributed by atoms with E-state index in [9.17, 15) is 0 Å². The molecule has 0 amide bonds. The summed E-state index contributed by atoms with van der Waals surface area (Å²) in [6.07, 6.45) is 0. The van der Waals surface area contributed by atoms with E-state index < -0.39 is 0 Å². The molecular formula is C48H28N2S2. The molecule has 0 aliphatic carbocycles. The van der Waals surface area contributed by atoms with Crippen molar-refractivity contribution in [3.63, 3.8) is 0 Å². The number of hydrogen-bond acceptors (Lipinski definition) is 2. The molecule has 242 valence electrons. The van der Waals surface area contributed by atoms with Crippen LogP contribution in [0.5, 0.6) is 0 Å². The van der Waals surface area contributed by atoms with Crippen molar-refractivity contribution in [2.45, 2.75) is 0 Å². The van der Waals surface area contributed by atoms with Crippen molar-refractivity contribution in [3.05, 3.63) is 168 Å². The van der Waals surface area contributed by atoms with Gasteiger partial charge in [0, 0.05) is 42.3 Å². The number of nitrogens with zero attached hydrogens (tertiary/aromatic N) is 2. The van der Waals surface area contributed by atoms with E-state index in [1.54, 1.807) is 0 Å². The molecule has 0 saturated heterocycles. The Bertz CT molecular complexity index is 3340. The van der Waals surface area contributed by atoms with Crippen LogP contribution >= 0.6 is 22.7 Å². The second kappa shape index (κ2) is 10.7. The minimum absolute atomic E-state index is 1.17. The molecular weight excluding hydrogens is 669 g/mol. The average Bonchev–Trinajstić information content (AvgIpc) is 4.00. The van der Waals surface area contributed by atoms with Gasteiger partial charge in [0.2, 0.25) is 0 Å². The first kappa shape index (κ1) is 28.5. The molecule has 12 rings (SSSR count). The fourth-order valence-corrected chi connectivity index (χ4v) is 10.5. The molecule has 2 nitrogen and oxygen atoms in total. The molecule has 0 radical (unpaired) electrons. The van der Waals surface area contributed by atoms with Crippen LogP contribution in [0.3, 0.4) is 0 Å². The third kappa shape index (κ3) is 3.93. The first-order valence-corrected chi connectivity index (χ1v) is 19.4. The predicted octanol–water partition coefficient (Wildman–Crippen LogP) is 14.3. The minimum Gasteiger partial charge on any atom is -0.309 e. The van der Waals surface area contributed by atoms with Gasteiger partial charge < -0.3 is 9.13 Å². The smallest absolute Gasteiger partial charge is 0.0555 e. The van der Waals surface area contributed by atoms with E-state index in [1.165, 1.54) is 108 Å². The normalized spacial score (nSPS) is 12.2. The highest BCUT2D eigenvalue weighted by Crippen LogP contribution is 2.43. The molecule has 52 heavy (non-hydrogen) atoms. The summed E-state index contributed by atoms with van der Waals surface area (Å²) in [5.74, 6) is 0. The second-order valence-corrected chi connectivity index (χ2v) is 15.6. The van der Waals surface area contributed by atoms with Gasteiger partial charge >= 0.3 is 0 Å². The van der Waals surface area contributed by atoms with Gasteiger partial charge in [-0.25, -0.2) is 0 Å². The predicted molar refractivity (Wildman–Crippen MR) is 226 cm³/mol. The summed E-state index contributed by atoms with van der Waals surface area (Å²) in [5, 5.41) is 17.4. The summed E-state index contributed by atoms with van der Waals surface area (Å²) in [6, 6.07) is 58.6. The van der Waals surface area contributed by atoms with E-state index in [0.29, 0.717) is 0 Å². The monoisotopic (exact) mass is 696 g/mol. The van der Waals surface area contributed by atoms with E-state index in [-0.39, 0.29) is 0 Å². The first-order valence-electron chi connectivity index (χ1n) is 17.6. The molecule has 0 aliphatic rings. The third-order valence-electron chi connectivity index (χ3n) is 11.1. The summed E-state index contributed by atoms with van der Waals surface area (Å²) >= 11 is 3.65. The van der Waals surface area contributed by atoms with Gasteiger partial charge in [-0.1, -0.05) is 91.0 Å². The maximum Gasteiger partial charge on any atom is 0.0555 e. The third-order valence-corrected chi connectivity index (χ3v) is 12.9. The van der Waals surface area contributed by atoms with Gasteiger partial charge in [0.25, 0.3) is 0 Å². The molecule has 0 spiro atoms. The second-order valence-electron chi connectivity index (χ2n) is 13.8. The van der Waals surface area contributed by atoms with Crippen LogP contribution in [0.25, 0.3) is 108 Å². The number of fused-ring (bicyclic) bond motifs is 13. The van der Waals surface area contributed by atoms with Crippen LogP contribution in [0.2, 0.25) is 0 Å². The van der Waals surface area contributed by atoms with Crippen molar-refractivity contribution < 1.29 is 0 Å². The van der Waals surface area contributed by atoms with Crippen LogP contribution in [-0.2, 0) is 0 Å². The Kier molecular flexibility index (Phi) is 5.84. The molecule has 12 aromatic rings. The first-order chi connectivity index (χ1) is 25.8. The van der Waals surface area contributed by atoms with Gasteiger partial charge in [0.1, 0.15) is 0 Å². The number of hydrogen-bond donors (Lipinski definition) is 0. The van der Waals surface area contributed by atoms with Crippen LogP contribution in [-0.4, -0.2) is 9.13 Å². The maximum absolute atomic E-state index is 2.44. The Labute approximate surface area is 306 Å². The van der Waals surface area contributed by atoms with Gasteiger partial charge in [-0.2, -0.15) is 0 Å². The van der Waals surface area contributed by atoms with Crippen molar-refractivity contribution in [2.75, 3.05) is 0 Å². The van der Waals surface area contributed by atoms with Crippen molar-refractivity contribution >= 4 is 108 Å². The highest BCUT2D eigenvalue weighted by atomic mass is 32.1.